The molecule has 0 aromatic heterocycles. The number of rotatable bonds is 3. The first-order valence-corrected chi connectivity index (χ1v) is 6.33. The fourth-order valence-corrected chi connectivity index (χ4v) is 2.07. The van der Waals surface area contributed by atoms with Crippen LogP contribution in [0.25, 0.3) is 0 Å². The molecule has 1 aliphatic heterocycles. The van der Waals surface area contributed by atoms with Crippen molar-refractivity contribution in [2.45, 2.75) is 26.8 Å². The van der Waals surface area contributed by atoms with E-state index in [1.165, 1.54) is 16.7 Å². The average Bonchev–Trinajstić information content (AvgIpc) is 2.34. The van der Waals surface area contributed by atoms with Gasteiger partial charge in [0.2, 0.25) is 0 Å². The number of benzene rings is 1. The van der Waals surface area contributed by atoms with Crippen molar-refractivity contribution in [2.24, 2.45) is 0 Å². The number of morpholine rings is 1. The van der Waals surface area contributed by atoms with Crippen molar-refractivity contribution in [3.8, 4) is 0 Å². The van der Waals surface area contributed by atoms with Crippen LogP contribution >= 0.6 is 0 Å². The third kappa shape index (κ3) is 3.28. The average molecular weight is 234 g/mol. The normalized spacial score (nSPS) is 19.2. The summed E-state index contributed by atoms with van der Waals surface area (Å²) in [6.07, 6.45) is 0. The van der Waals surface area contributed by atoms with Crippen LogP contribution in [0.1, 0.15) is 29.7 Å². The Morgan fingerprint density at radius 1 is 1.18 bits per heavy atom. The van der Waals surface area contributed by atoms with Gasteiger partial charge in [0.05, 0.1) is 13.2 Å². The van der Waals surface area contributed by atoms with Gasteiger partial charge in [0.15, 0.2) is 0 Å². The van der Waals surface area contributed by atoms with Crippen molar-refractivity contribution < 1.29 is 4.74 Å². The third-order valence-electron chi connectivity index (χ3n) is 3.42. The van der Waals surface area contributed by atoms with E-state index in [2.05, 4.69) is 49.4 Å². The highest BCUT2D eigenvalue weighted by Crippen LogP contribution is 2.17. The molecule has 3 heteroatoms. The number of hydrogen-bond acceptors (Lipinski definition) is 3. The van der Waals surface area contributed by atoms with Crippen LogP contribution in [0.4, 0.5) is 0 Å². The third-order valence-corrected chi connectivity index (χ3v) is 3.42. The quantitative estimate of drug-likeness (QED) is 0.867. The monoisotopic (exact) mass is 234 g/mol. The van der Waals surface area contributed by atoms with Gasteiger partial charge in [-0.15, -0.1) is 0 Å². The van der Waals surface area contributed by atoms with Crippen molar-refractivity contribution in [3.05, 3.63) is 34.9 Å². The summed E-state index contributed by atoms with van der Waals surface area (Å²) < 4.78 is 5.34. The molecule has 1 aromatic rings. The van der Waals surface area contributed by atoms with Gasteiger partial charge in [-0.25, -0.2) is 10.4 Å². The molecule has 1 aliphatic rings. The van der Waals surface area contributed by atoms with Gasteiger partial charge in [-0.2, -0.15) is 0 Å². The van der Waals surface area contributed by atoms with Gasteiger partial charge in [0.25, 0.3) is 0 Å². The molecule has 17 heavy (non-hydrogen) atoms. The zero-order valence-corrected chi connectivity index (χ0v) is 11.0. The number of hydrogen-bond donors (Lipinski definition) is 1. The topological polar surface area (TPSA) is 24.5 Å². The molecule has 1 unspecified atom stereocenters. The first-order chi connectivity index (χ1) is 8.16. The fraction of sp³-hybridized carbons (Fsp3) is 0.571. The molecule has 1 aromatic carbocycles. The number of ether oxygens (including phenoxy) is 1. The summed E-state index contributed by atoms with van der Waals surface area (Å²) in [7, 11) is 0. The van der Waals surface area contributed by atoms with Gasteiger partial charge < -0.3 is 4.74 Å². The van der Waals surface area contributed by atoms with Crippen LogP contribution in [-0.2, 0) is 4.74 Å². The Morgan fingerprint density at radius 2 is 1.88 bits per heavy atom. The van der Waals surface area contributed by atoms with E-state index in [0.717, 1.165) is 26.3 Å². The van der Waals surface area contributed by atoms with E-state index < -0.39 is 0 Å². The maximum atomic E-state index is 5.34. The Morgan fingerprint density at radius 3 is 2.53 bits per heavy atom. The van der Waals surface area contributed by atoms with Crippen molar-refractivity contribution in [1.29, 1.82) is 0 Å². The molecule has 0 amide bonds. The van der Waals surface area contributed by atoms with E-state index in [0.29, 0.717) is 6.04 Å². The minimum atomic E-state index is 0.354. The van der Waals surface area contributed by atoms with Crippen molar-refractivity contribution >= 4 is 0 Å². The van der Waals surface area contributed by atoms with E-state index in [1.54, 1.807) is 0 Å². The summed E-state index contributed by atoms with van der Waals surface area (Å²) in [4.78, 5) is 0. The smallest absolute Gasteiger partial charge is 0.0608 e. The molecule has 3 nitrogen and oxygen atoms in total. The SMILES string of the molecule is Cc1ccc(C(C)NN2CCOCC2)cc1C. The van der Waals surface area contributed by atoms with Gasteiger partial charge in [-0.3, -0.25) is 0 Å². The minimum absolute atomic E-state index is 0.354. The standard InChI is InChI=1S/C14H22N2O/c1-11-4-5-14(10-12(11)2)13(3)15-16-6-8-17-9-7-16/h4-5,10,13,15H,6-9H2,1-3H3. The van der Waals surface area contributed by atoms with E-state index in [-0.39, 0.29) is 0 Å². The molecular formula is C14H22N2O. The van der Waals surface area contributed by atoms with Gasteiger partial charge in [-0.05, 0) is 37.5 Å². The van der Waals surface area contributed by atoms with Crippen LogP contribution in [0, 0.1) is 13.8 Å². The Kier molecular flexibility index (Phi) is 4.15. The van der Waals surface area contributed by atoms with Gasteiger partial charge in [0.1, 0.15) is 0 Å². The molecule has 0 saturated carbocycles. The number of nitrogens with one attached hydrogen (secondary N) is 1. The van der Waals surface area contributed by atoms with Crippen LogP contribution < -0.4 is 5.43 Å². The van der Waals surface area contributed by atoms with E-state index >= 15 is 0 Å². The molecule has 1 saturated heterocycles. The molecule has 0 bridgehead atoms. The lowest BCUT2D eigenvalue weighted by molar-refractivity contribution is 0.00484. The largest absolute Gasteiger partial charge is 0.379 e. The molecule has 1 N–H and O–H groups in total. The number of aryl methyl sites for hydroxylation is 2. The zero-order chi connectivity index (χ0) is 12.3. The van der Waals surface area contributed by atoms with Crippen LogP contribution in [0.15, 0.2) is 18.2 Å². The van der Waals surface area contributed by atoms with Crippen molar-refractivity contribution in [2.75, 3.05) is 26.3 Å². The lowest BCUT2D eigenvalue weighted by Crippen LogP contribution is -2.46. The second-order valence-corrected chi connectivity index (χ2v) is 4.79. The van der Waals surface area contributed by atoms with Crippen molar-refractivity contribution in [3.63, 3.8) is 0 Å². The molecule has 0 spiro atoms. The molecule has 1 atom stereocenters. The molecule has 0 radical (unpaired) electrons. The molecule has 94 valence electrons. The van der Waals surface area contributed by atoms with Crippen LogP contribution in [0.3, 0.4) is 0 Å². The molecule has 1 fully saturated rings. The molecule has 2 rings (SSSR count). The minimum Gasteiger partial charge on any atom is -0.379 e. The Balaban J connectivity index is 1.98. The first kappa shape index (κ1) is 12.6. The van der Waals surface area contributed by atoms with Gasteiger partial charge in [0, 0.05) is 19.1 Å². The summed E-state index contributed by atoms with van der Waals surface area (Å²) in [5.74, 6) is 0. The molecule has 0 aliphatic carbocycles. The van der Waals surface area contributed by atoms with Crippen LogP contribution in [0.2, 0.25) is 0 Å². The van der Waals surface area contributed by atoms with Gasteiger partial charge in [-0.1, -0.05) is 18.2 Å². The predicted octanol–water partition coefficient (Wildman–Crippen LogP) is 2.20. The van der Waals surface area contributed by atoms with Crippen molar-refractivity contribution in [1.82, 2.24) is 10.4 Å². The summed E-state index contributed by atoms with van der Waals surface area (Å²) in [5.41, 5.74) is 7.60. The van der Waals surface area contributed by atoms with E-state index in [4.69, 9.17) is 4.74 Å². The van der Waals surface area contributed by atoms with E-state index in [9.17, 15) is 0 Å². The maximum absolute atomic E-state index is 5.34. The zero-order valence-electron chi connectivity index (χ0n) is 11.0. The fourth-order valence-electron chi connectivity index (χ4n) is 2.07. The number of hydrazine groups is 1. The lowest BCUT2D eigenvalue weighted by Gasteiger charge is -2.30. The second kappa shape index (κ2) is 5.63. The molecular weight excluding hydrogens is 212 g/mol. The lowest BCUT2D eigenvalue weighted by atomic mass is 10.0. The highest BCUT2D eigenvalue weighted by molar-refractivity contribution is 5.31. The highest BCUT2D eigenvalue weighted by atomic mass is 16.5. The summed E-state index contributed by atoms with van der Waals surface area (Å²) in [5, 5.41) is 2.25. The Hall–Kier alpha value is -0.900. The van der Waals surface area contributed by atoms with E-state index in [1.807, 2.05) is 0 Å². The summed E-state index contributed by atoms with van der Waals surface area (Å²) >= 11 is 0. The summed E-state index contributed by atoms with van der Waals surface area (Å²) in [6, 6.07) is 7.03. The number of nitrogens with zero attached hydrogens (tertiary/aromatic N) is 1. The first-order valence-electron chi connectivity index (χ1n) is 6.33. The second-order valence-electron chi connectivity index (χ2n) is 4.79. The summed E-state index contributed by atoms with van der Waals surface area (Å²) in [6.45, 7) is 10.1. The Bertz CT molecular complexity index is 372. The van der Waals surface area contributed by atoms with Crippen LogP contribution in [-0.4, -0.2) is 31.3 Å². The maximum Gasteiger partial charge on any atom is 0.0608 e. The predicted molar refractivity (Wildman–Crippen MR) is 69.9 cm³/mol. The Labute approximate surface area is 104 Å². The molecule has 1 heterocycles. The highest BCUT2D eigenvalue weighted by Gasteiger charge is 2.14. The van der Waals surface area contributed by atoms with Crippen LogP contribution in [0.5, 0.6) is 0 Å². The van der Waals surface area contributed by atoms with Gasteiger partial charge >= 0.3 is 0 Å².